The van der Waals surface area contributed by atoms with Gasteiger partial charge in [0.1, 0.15) is 0 Å². The minimum atomic E-state index is -0.0611. The van der Waals surface area contributed by atoms with Gasteiger partial charge in [-0.2, -0.15) is 0 Å². The van der Waals surface area contributed by atoms with Crippen LogP contribution < -0.4 is 5.32 Å². The Morgan fingerprint density at radius 3 is 2.73 bits per heavy atom. The van der Waals surface area contributed by atoms with Crippen molar-refractivity contribution in [3.63, 3.8) is 0 Å². The zero-order chi connectivity index (χ0) is 7.68. The van der Waals surface area contributed by atoms with Crippen LogP contribution in [0.2, 0.25) is 0 Å². The monoisotopic (exact) mass is 155 g/mol. The fraction of sp³-hybridized carbons (Fsp3) is 1.00. The summed E-state index contributed by atoms with van der Waals surface area (Å²) in [6.07, 6.45) is 5.23. The van der Waals surface area contributed by atoms with Gasteiger partial charge in [-0.15, -0.1) is 0 Å². The minimum absolute atomic E-state index is 0.0611. The molecule has 0 spiro atoms. The lowest BCUT2D eigenvalue weighted by Gasteiger charge is -2.39. The molecule has 0 aromatic rings. The topological polar surface area (TPSA) is 32.3 Å². The Morgan fingerprint density at radius 2 is 1.91 bits per heavy atom. The molecule has 2 aliphatic rings. The third kappa shape index (κ3) is 1.42. The molecule has 0 bridgehead atoms. The molecule has 0 aromatic heterocycles. The number of fused-ring (bicyclic) bond motifs is 1. The smallest absolute Gasteiger partial charge is 0.0695 e. The molecule has 0 radical (unpaired) electrons. The van der Waals surface area contributed by atoms with Gasteiger partial charge in [-0.3, -0.25) is 0 Å². The number of β-amino-alcohol motifs (C(OH)–C–C–N with tert-alkyl or cyclic N) is 1. The van der Waals surface area contributed by atoms with E-state index < -0.39 is 0 Å². The second-order valence-electron chi connectivity index (χ2n) is 3.93. The molecule has 2 N–H and O–H groups in total. The van der Waals surface area contributed by atoms with Gasteiger partial charge in [0, 0.05) is 6.54 Å². The molecule has 2 nitrogen and oxygen atoms in total. The predicted molar refractivity (Wildman–Crippen MR) is 44.3 cm³/mol. The average molecular weight is 155 g/mol. The number of aliphatic hydroxyl groups is 1. The highest BCUT2D eigenvalue weighted by molar-refractivity contribution is 4.86. The molecule has 64 valence electrons. The molecule has 3 atom stereocenters. The van der Waals surface area contributed by atoms with Crippen molar-refractivity contribution in [3.05, 3.63) is 0 Å². The molecule has 11 heavy (non-hydrogen) atoms. The van der Waals surface area contributed by atoms with Crippen molar-refractivity contribution in [3.8, 4) is 0 Å². The Balaban J connectivity index is 1.99. The highest BCUT2D eigenvalue weighted by atomic mass is 16.3. The first-order chi connectivity index (χ1) is 5.38. The van der Waals surface area contributed by atoms with E-state index in [9.17, 15) is 5.11 Å². The van der Waals surface area contributed by atoms with Crippen LogP contribution in [0.5, 0.6) is 0 Å². The number of hydrogen-bond acceptors (Lipinski definition) is 2. The van der Waals surface area contributed by atoms with Crippen LogP contribution >= 0.6 is 0 Å². The van der Waals surface area contributed by atoms with Crippen molar-refractivity contribution in [1.82, 2.24) is 5.32 Å². The van der Waals surface area contributed by atoms with Crippen molar-refractivity contribution in [1.29, 1.82) is 0 Å². The van der Waals surface area contributed by atoms with Gasteiger partial charge in [0.2, 0.25) is 0 Å². The number of aliphatic hydroxyl groups excluding tert-OH is 1. The molecule has 0 unspecified atom stereocenters. The van der Waals surface area contributed by atoms with Crippen LogP contribution in [0.15, 0.2) is 0 Å². The van der Waals surface area contributed by atoms with Crippen LogP contribution in [-0.2, 0) is 0 Å². The van der Waals surface area contributed by atoms with E-state index >= 15 is 0 Å². The predicted octanol–water partition coefficient (Wildman–Crippen LogP) is 0.757. The SMILES string of the molecule is O[C@H]1CNC[C@@H]2CCCC[C@@H]21. The molecule has 2 fully saturated rings. The van der Waals surface area contributed by atoms with Crippen molar-refractivity contribution in [2.45, 2.75) is 31.8 Å². The van der Waals surface area contributed by atoms with Crippen molar-refractivity contribution in [2.75, 3.05) is 13.1 Å². The van der Waals surface area contributed by atoms with Gasteiger partial charge in [0.25, 0.3) is 0 Å². The van der Waals surface area contributed by atoms with Crippen LogP contribution in [0.25, 0.3) is 0 Å². The van der Waals surface area contributed by atoms with Gasteiger partial charge >= 0.3 is 0 Å². The molecule has 0 amide bonds. The molecule has 2 rings (SSSR count). The average Bonchev–Trinajstić information content (AvgIpc) is 2.06. The Kier molecular flexibility index (Phi) is 2.14. The summed E-state index contributed by atoms with van der Waals surface area (Å²) in [5.74, 6) is 1.39. The van der Waals surface area contributed by atoms with Gasteiger partial charge in [-0.05, 0) is 31.2 Å². The molecular weight excluding hydrogens is 138 g/mol. The van der Waals surface area contributed by atoms with Crippen LogP contribution in [0.1, 0.15) is 25.7 Å². The third-order valence-corrected chi connectivity index (χ3v) is 3.22. The van der Waals surface area contributed by atoms with E-state index in [0.717, 1.165) is 19.0 Å². The Labute approximate surface area is 68.0 Å². The standard InChI is InChI=1S/C9H17NO/c11-9-6-10-5-7-3-1-2-4-8(7)9/h7-11H,1-6H2/t7-,8-,9-/m0/s1. The number of nitrogens with one attached hydrogen (secondary N) is 1. The lowest BCUT2D eigenvalue weighted by molar-refractivity contribution is 0.0227. The Bertz CT molecular complexity index is 136. The molecule has 0 aromatic carbocycles. The summed E-state index contributed by atoms with van der Waals surface area (Å²) in [4.78, 5) is 0. The fourth-order valence-electron chi connectivity index (χ4n) is 2.56. The normalized spacial score (nSPS) is 45.0. The number of rotatable bonds is 0. The van der Waals surface area contributed by atoms with Gasteiger partial charge in [-0.25, -0.2) is 0 Å². The van der Waals surface area contributed by atoms with E-state index in [-0.39, 0.29) is 6.10 Å². The minimum Gasteiger partial charge on any atom is -0.392 e. The van der Waals surface area contributed by atoms with E-state index in [0.29, 0.717) is 5.92 Å². The van der Waals surface area contributed by atoms with Crippen LogP contribution in [0.3, 0.4) is 0 Å². The second-order valence-corrected chi connectivity index (χ2v) is 3.93. The summed E-state index contributed by atoms with van der Waals surface area (Å²) in [5, 5.41) is 12.9. The highest BCUT2D eigenvalue weighted by Crippen LogP contribution is 2.33. The summed E-state index contributed by atoms with van der Waals surface area (Å²) >= 11 is 0. The maximum Gasteiger partial charge on any atom is 0.0695 e. The van der Waals surface area contributed by atoms with Crippen molar-refractivity contribution >= 4 is 0 Å². The van der Waals surface area contributed by atoms with Gasteiger partial charge in [0.05, 0.1) is 6.10 Å². The zero-order valence-corrected chi connectivity index (χ0v) is 6.92. The van der Waals surface area contributed by atoms with E-state index in [1.165, 1.54) is 25.7 Å². The van der Waals surface area contributed by atoms with Crippen LogP contribution in [0, 0.1) is 11.8 Å². The molecule has 1 aliphatic heterocycles. The lowest BCUT2D eigenvalue weighted by atomic mass is 9.74. The second kappa shape index (κ2) is 3.11. The maximum atomic E-state index is 9.64. The Morgan fingerprint density at radius 1 is 1.09 bits per heavy atom. The van der Waals surface area contributed by atoms with Gasteiger partial charge in [-0.1, -0.05) is 12.8 Å². The first-order valence-corrected chi connectivity index (χ1v) is 4.76. The lowest BCUT2D eigenvalue weighted by Crippen LogP contribution is -2.47. The summed E-state index contributed by atoms with van der Waals surface area (Å²) in [6.45, 7) is 1.96. The zero-order valence-electron chi connectivity index (χ0n) is 6.92. The summed E-state index contributed by atoms with van der Waals surface area (Å²) in [5.41, 5.74) is 0. The molecular formula is C9H17NO. The molecule has 2 heteroatoms. The first-order valence-electron chi connectivity index (χ1n) is 4.76. The summed E-state index contributed by atoms with van der Waals surface area (Å²) < 4.78 is 0. The van der Waals surface area contributed by atoms with E-state index in [1.54, 1.807) is 0 Å². The van der Waals surface area contributed by atoms with Crippen LogP contribution in [0.4, 0.5) is 0 Å². The summed E-state index contributed by atoms with van der Waals surface area (Å²) in [6, 6.07) is 0. The highest BCUT2D eigenvalue weighted by Gasteiger charge is 2.33. The van der Waals surface area contributed by atoms with E-state index in [4.69, 9.17) is 0 Å². The van der Waals surface area contributed by atoms with Gasteiger partial charge < -0.3 is 10.4 Å². The van der Waals surface area contributed by atoms with Crippen molar-refractivity contribution in [2.24, 2.45) is 11.8 Å². The van der Waals surface area contributed by atoms with Gasteiger partial charge in [0.15, 0.2) is 0 Å². The largest absolute Gasteiger partial charge is 0.392 e. The maximum absolute atomic E-state index is 9.64. The number of piperidine rings is 1. The fourth-order valence-corrected chi connectivity index (χ4v) is 2.56. The summed E-state index contributed by atoms with van der Waals surface area (Å²) in [7, 11) is 0. The van der Waals surface area contributed by atoms with Crippen molar-refractivity contribution < 1.29 is 5.11 Å². The molecule has 1 aliphatic carbocycles. The Hall–Kier alpha value is -0.0800. The molecule has 1 saturated carbocycles. The molecule has 1 heterocycles. The van der Waals surface area contributed by atoms with E-state index in [2.05, 4.69) is 5.32 Å². The molecule has 1 saturated heterocycles. The number of hydrogen-bond donors (Lipinski definition) is 2. The first kappa shape index (κ1) is 7.56. The van der Waals surface area contributed by atoms with Crippen LogP contribution in [-0.4, -0.2) is 24.3 Å². The quantitative estimate of drug-likeness (QED) is 0.541. The van der Waals surface area contributed by atoms with E-state index in [1.807, 2.05) is 0 Å². The third-order valence-electron chi connectivity index (χ3n) is 3.22.